The van der Waals surface area contributed by atoms with Gasteiger partial charge in [0.05, 0.1) is 48.9 Å². The van der Waals surface area contributed by atoms with Crippen LogP contribution in [0.5, 0.6) is 11.5 Å². The maximum absolute atomic E-state index is 13.7. The molecule has 0 N–H and O–H groups in total. The topological polar surface area (TPSA) is 150 Å². The Hall–Kier alpha value is -7.22. The Bertz CT molecular complexity index is 3440. The van der Waals surface area contributed by atoms with Gasteiger partial charge in [0.1, 0.15) is 13.2 Å². The van der Waals surface area contributed by atoms with Crippen LogP contribution < -0.4 is 19.3 Å². The van der Waals surface area contributed by atoms with Crippen LogP contribution in [-0.4, -0.2) is 158 Å². The van der Waals surface area contributed by atoms with E-state index >= 15 is 0 Å². The summed E-state index contributed by atoms with van der Waals surface area (Å²) in [6.07, 6.45) is 28.3. The molecule has 8 heterocycles. The van der Waals surface area contributed by atoms with Crippen LogP contribution >= 0.6 is 0 Å². The smallest absolute Gasteiger partial charge is 0.373 e. The molecule has 0 bridgehead atoms. The number of piperidine rings is 4. The largest absolute Gasteiger partial charge is 0.489 e. The predicted molar refractivity (Wildman–Crippen MR) is 363 cm³/mol. The zero-order valence-electron chi connectivity index (χ0n) is 55.2. The van der Waals surface area contributed by atoms with Gasteiger partial charge in [0.2, 0.25) is 11.8 Å². The molecule has 0 radical (unpaired) electrons. The van der Waals surface area contributed by atoms with Crippen molar-refractivity contribution in [1.29, 1.82) is 0 Å². The molecule has 16 nitrogen and oxygen atoms in total. The van der Waals surface area contributed by atoms with Crippen LogP contribution in [0.15, 0.2) is 72.8 Å². The Balaban J connectivity index is 0.000000174. The number of hydrogen-bond acceptors (Lipinski definition) is 12. The quantitative estimate of drug-likeness (QED) is 0.102. The monoisotopic (exact) mass is 1250 g/mol. The van der Waals surface area contributed by atoms with E-state index in [0.717, 1.165) is 120 Å². The fourth-order valence-corrected chi connectivity index (χ4v) is 16.6. The van der Waals surface area contributed by atoms with Crippen LogP contribution in [-0.2, 0) is 41.9 Å². The lowest BCUT2D eigenvalue weighted by atomic mass is 9.81. The highest BCUT2D eigenvalue weighted by molar-refractivity contribution is 5.97. The number of fused-ring (bicyclic) bond motifs is 10. The minimum absolute atomic E-state index is 0.106. The summed E-state index contributed by atoms with van der Waals surface area (Å²) in [5.41, 5.74) is 15.7. The Labute approximate surface area is 545 Å². The van der Waals surface area contributed by atoms with Gasteiger partial charge in [-0.3, -0.25) is 9.59 Å². The normalized spacial score (nSPS) is 18.8. The van der Waals surface area contributed by atoms with E-state index in [-0.39, 0.29) is 37.2 Å². The lowest BCUT2D eigenvalue weighted by Gasteiger charge is -2.34. The molecule has 2 aromatic heterocycles. The minimum Gasteiger partial charge on any atom is -0.489 e. The Morgan fingerprint density at radius 1 is 0.446 bits per heavy atom. The first-order valence-electron chi connectivity index (χ1n) is 35.4. The molecule has 14 rings (SSSR count). The molecule has 0 unspecified atom stereocenters. The van der Waals surface area contributed by atoms with Crippen LogP contribution in [0.4, 0.5) is 11.4 Å². The Morgan fingerprint density at radius 3 is 1.20 bits per heavy atom. The van der Waals surface area contributed by atoms with Gasteiger partial charge >= 0.3 is 12.3 Å². The lowest BCUT2D eigenvalue weighted by Crippen LogP contribution is -2.47. The van der Waals surface area contributed by atoms with Gasteiger partial charge in [-0.15, -0.1) is 0 Å². The summed E-state index contributed by atoms with van der Waals surface area (Å²) in [4.78, 5) is 74.0. The van der Waals surface area contributed by atoms with Crippen molar-refractivity contribution in [2.45, 2.75) is 180 Å². The van der Waals surface area contributed by atoms with E-state index in [4.69, 9.17) is 28.7 Å². The number of benzene rings is 4. The van der Waals surface area contributed by atoms with E-state index in [1.165, 1.54) is 203 Å². The molecule has 2 amide bonds. The first-order chi connectivity index (χ1) is 45.2. The second-order valence-electron chi connectivity index (χ2n) is 27.2. The van der Waals surface area contributed by atoms with E-state index < -0.39 is 0 Å². The van der Waals surface area contributed by atoms with Crippen molar-refractivity contribution < 1.29 is 38.2 Å². The number of hydrogen-bond donors (Lipinski definition) is 0. The maximum atomic E-state index is 13.7. The Kier molecular flexibility index (Phi) is 23.4. The van der Waals surface area contributed by atoms with Gasteiger partial charge in [-0.1, -0.05) is 87.8 Å². The van der Waals surface area contributed by atoms with Crippen LogP contribution in [0.3, 0.4) is 0 Å². The van der Waals surface area contributed by atoms with Crippen LogP contribution in [0.25, 0.3) is 44.3 Å². The van der Waals surface area contributed by atoms with Gasteiger partial charge < -0.3 is 48.0 Å². The van der Waals surface area contributed by atoms with Crippen molar-refractivity contribution in [3.05, 3.63) is 95.1 Å². The number of aromatic nitrogens is 2. The summed E-state index contributed by atoms with van der Waals surface area (Å²) in [6, 6.07) is 27.5. The van der Waals surface area contributed by atoms with Gasteiger partial charge in [0.25, 0.3) is 0 Å². The third-order valence-electron chi connectivity index (χ3n) is 21.2. The number of carbonyl (C=O) groups excluding carboxylic acids is 6. The number of likely N-dealkylation sites (tertiary alicyclic amines) is 4. The van der Waals surface area contributed by atoms with Crippen molar-refractivity contribution in [2.24, 2.45) is 0 Å². The lowest BCUT2D eigenvalue weighted by molar-refractivity contribution is -0.193. The van der Waals surface area contributed by atoms with E-state index in [1.54, 1.807) is 5.56 Å². The highest BCUT2D eigenvalue weighted by Crippen LogP contribution is 2.51. The summed E-state index contributed by atoms with van der Waals surface area (Å²) in [5, 5.41) is 2.85. The first kappa shape index (κ1) is 66.2. The second kappa shape index (κ2) is 32.6. The van der Waals surface area contributed by atoms with E-state index in [9.17, 15) is 9.59 Å². The fraction of sp³-hybridized carbons (Fsp3) is 0.579. The molecule has 2 saturated carbocycles. The van der Waals surface area contributed by atoms with Crippen molar-refractivity contribution in [3.63, 3.8) is 0 Å². The van der Waals surface area contributed by atoms with Gasteiger partial charge in [-0.25, -0.2) is 0 Å². The number of rotatable bonds is 14. The number of anilines is 2. The number of nitrogens with zero attached hydrogens (tertiary/aromatic N) is 8. The first-order valence-corrected chi connectivity index (χ1v) is 35.4. The van der Waals surface area contributed by atoms with Gasteiger partial charge in [0, 0.05) is 85.3 Å². The zero-order chi connectivity index (χ0) is 63.8. The van der Waals surface area contributed by atoms with E-state index in [2.05, 4.69) is 110 Å². The van der Waals surface area contributed by atoms with Gasteiger partial charge in [-0.05, 0) is 200 Å². The van der Waals surface area contributed by atoms with Gasteiger partial charge in [0.15, 0.2) is 11.5 Å². The molecular weight excluding hydrogens is 1150 g/mol. The zero-order valence-corrected chi connectivity index (χ0v) is 55.2. The van der Waals surface area contributed by atoms with Crippen LogP contribution in [0, 0.1) is 13.8 Å². The maximum Gasteiger partial charge on any atom is 0.373 e. The standard InChI is InChI=1S/C37H48N4O3.C37H52N4O.2CO2/c1-27-16-17-29-32(24-27)41-22-23-44-37-30(36(41)35(29)28-12-5-2-6-13-28)14-11-15-31(37)40(25-33(42)38-18-7-3-8-19-38)26-34(43)39-20-9-4-10-21-39;1-29-16-17-31-34(28-29)41-26-27-42-37-32(36(41)35(31)30-12-5-2-6-13-30)14-11-15-33(37)40(24-22-38-18-7-3-8-19-38)25-23-39-20-9-4-10-21-39;2*2-1-3/h11,14-17,24,28H,2-10,12-13,18-23,25-26H2,1H3;11,14-17,28,30H,2-10,12-13,18-27H2,1H3;;. The third-order valence-corrected chi connectivity index (χ3v) is 21.2. The molecule has 6 aliphatic heterocycles. The number of amides is 2. The molecule has 8 aliphatic rings. The summed E-state index contributed by atoms with van der Waals surface area (Å²) < 4.78 is 18.6. The molecule has 492 valence electrons. The highest BCUT2D eigenvalue weighted by Gasteiger charge is 2.35. The highest BCUT2D eigenvalue weighted by atomic mass is 16.5. The summed E-state index contributed by atoms with van der Waals surface area (Å²) >= 11 is 0. The SMILES string of the molecule is Cc1ccc2c(C3CCCCC3)c3n(c2c1)CCOc1c-3cccc1N(CC(=O)N1CCCCC1)CC(=O)N1CCCCC1.Cc1ccc2c(C3CCCCC3)c3n(c2c1)CCOc1c-3cccc1N(CCN1CCCCC1)CCN1CCCCC1.O=C=O.O=C=O. The molecule has 6 aromatic rings. The molecule has 2 aliphatic carbocycles. The summed E-state index contributed by atoms with van der Waals surface area (Å²) in [7, 11) is 0. The van der Waals surface area contributed by atoms with Crippen molar-refractivity contribution in [3.8, 4) is 34.0 Å². The van der Waals surface area contributed by atoms with Crippen molar-refractivity contribution in [2.75, 3.05) is 115 Å². The summed E-state index contributed by atoms with van der Waals surface area (Å²) in [5.74, 6) is 3.33. The second-order valence-corrected chi connectivity index (χ2v) is 27.2. The number of para-hydroxylation sites is 2. The number of aryl methyl sites for hydroxylation is 2. The minimum atomic E-state index is 0.106. The van der Waals surface area contributed by atoms with Crippen molar-refractivity contribution >= 4 is 57.3 Å². The molecule has 0 atom stereocenters. The molecule has 4 saturated heterocycles. The average Bonchev–Trinajstić information content (AvgIpc) is 1.58. The Morgan fingerprint density at radius 2 is 0.804 bits per heavy atom. The predicted octanol–water partition coefficient (Wildman–Crippen LogP) is 13.6. The van der Waals surface area contributed by atoms with E-state index in [1.807, 2.05) is 14.7 Å². The molecule has 92 heavy (non-hydrogen) atoms. The van der Waals surface area contributed by atoms with Crippen LogP contribution in [0.2, 0.25) is 0 Å². The average molecular weight is 1250 g/mol. The van der Waals surface area contributed by atoms with Crippen molar-refractivity contribution in [1.82, 2.24) is 28.7 Å². The third kappa shape index (κ3) is 15.5. The molecule has 4 aromatic carbocycles. The molecule has 6 fully saturated rings. The molecule has 0 spiro atoms. The molecule has 16 heteroatoms. The van der Waals surface area contributed by atoms with Crippen LogP contribution in [0.1, 0.15) is 175 Å². The van der Waals surface area contributed by atoms with E-state index in [0.29, 0.717) is 18.4 Å². The van der Waals surface area contributed by atoms with Gasteiger partial charge in [-0.2, -0.15) is 19.2 Å². The fourth-order valence-electron chi connectivity index (χ4n) is 16.6. The number of carbonyl (C=O) groups is 2. The molecular formula is C76H100N8O8. The summed E-state index contributed by atoms with van der Waals surface area (Å²) in [6.45, 7) is 20.5. The number of ether oxygens (including phenoxy) is 2.